The SMILES string of the molecule is CN(CCCCO)Cc1ccc(N)cc1. The van der Waals surface area contributed by atoms with Crippen LogP contribution in [-0.2, 0) is 6.54 Å². The van der Waals surface area contributed by atoms with Gasteiger partial charge in [0.1, 0.15) is 0 Å². The molecule has 0 aliphatic rings. The van der Waals surface area contributed by atoms with Crippen molar-refractivity contribution in [1.29, 1.82) is 0 Å². The van der Waals surface area contributed by atoms with Gasteiger partial charge in [-0.1, -0.05) is 12.1 Å². The second-order valence-corrected chi connectivity index (χ2v) is 3.91. The summed E-state index contributed by atoms with van der Waals surface area (Å²) in [7, 11) is 2.09. The summed E-state index contributed by atoms with van der Waals surface area (Å²) < 4.78 is 0. The number of benzene rings is 1. The zero-order valence-corrected chi connectivity index (χ0v) is 9.32. The number of nitrogens with zero attached hydrogens (tertiary/aromatic N) is 1. The summed E-state index contributed by atoms with van der Waals surface area (Å²) in [4.78, 5) is 2.25. The molecule has 0 aromatic heterocycles. The molecule has 0 saturated carbocycles. The van der Waals surface area contributed by atoms with E-state index in [9.17, 15) is 0 Å². The van der Waals surface area contributed by atoms with E-state index in [1.165, 1.54) is 5.56 Å². The van der Waals surface area contributed by atoms with Crippen LogP contribution in [0.25, 0.3) is 0 Å². The van der Waals surface area contributed by atoms with Crippen molar-refractivity contribution in [3.63, 3.8) is 0 Å². The van der Waals surface area contributed by atoms with Crippen molar-refractivity contribution >= 4 is 5.69 Å². The van der Waals surface area contributed by atoms with E-state index in [1.807, 2.05) is 12.1 Å². The molecule has 1 aromatic carbocycles. The van der Waals surface area contributed by atoms with E-state index in [2.05, 4.69) is 24.1 Å². The smallest absolute Gasteiger partial charge is 0.0431 e. The van der Waals surface area contributed by atoms with Crippen LogP contribution in [0.15, 0.2) is 24.3 Å². The van der Waals surface area contributed by atoms with Crippen LogP contribution in [0.5, 0.6) is 0 Å². The average molecular weight is 208 g/mol. The Morgan fingerprint density at radius 2 is 1.87 bits per heavy atom. The molecule has 0 bridgehead atoms. The van der Waals surface area contributed by atoms with Crippen LogP contribution in [0.3, 0.4) is 0 Å². The molecule has 0 radical (unpaired) electrons. The Morgan fingerprint density at radius 3 is 2.47 bits per heavy atom. The first-order valence-electron chi connectivity index (χ1n) is 5.36. The third-order valence-corrected chi connectivity index (χ3v) is 2.38. The van der Waals surface area contributed by atoms with Gasteiger partial charge in [0.05, 0.1) is 0 Å². The van der Waals surface area contributed by atoms with Gasteiger partial charge in [-0.05, 0) is 44.1 Å². The Labute approximate surface area is 91.5 Å². The molecule has 0 aliphatic heterocycles. The van der Waals surface area contributed by atoms with Crippen LogP contribution >= 0.6 is 0 Å². The lowest BCUT2D eigenvalue weighted by Crippen LogP contribution is -2.19. The summed E-state index contributed by atoms with van der Waals surface area (Å²) in [5.74, 6) is 0. The zero-order chi connectivity index (χ0) is 11.1. The number of unbranched alkanes of at least 4 members (excludes halogenated alkanes) is 1. The highest BCUT2D eigenvalue weighted by Gasteiger charge is 1.99. The fraction of sp³-hybridized carbons (Fsp3) is 0.500. The van der Waals surface area contributed by atoms with Crippen molar-refractivity contribution in [3.05, 3.63) is 29.8 Å². The van der Waals surface area contributed by atoms with Crippen molar-refractivity contribution in [3.8, 4) is 0 Å². The summed E-state index contributed by atoms with van der Waals surface area (Å²) in [6, 6.07) is 7.96. The lowest BCUT2D eigenvalue weighted by atomic mass is 10.2. The molecule has 3 N–H and O–H groups in total. The van der Waals surface area contributed by atoms with Crippen molar-refractivity contribution in [2.45, 2.75) is 19.4 Å². The Kier molecular flexibility index (Phi) is 5.15. The van der Waals surface area contributed by atoms with E-state index in [-0.39, 0.29) is 6.61 Å². The molecule has 0 fully saturated rings. The summed E-state index contributed by atoms with van der Waals surface area (Å²) in [6.45, 7) is 2.24. The molecule has 1 aromatic rings. The van der Waals surface area contributed by atoms with Crippen LogP contribution in [0.2, 0.25) is 0 Å². The van der Waals surface area contributed by atoms with Gasteiger partial charge in [-0.3, -0.25) is 0 Å². The fourth-order valence-electron chi connectivity index (χ4n) is 1.51. The van der Waals surface area contributed by atoms with E-state index in [4.69, 9.17) is 10.8 Å². The van der Waals surface area contributed by atoms with Gasteiger partial charge in [0.25, 0.3) is 0 Å². The highest BCUT2D eigenvalue weighted by molar-refractivity contribution is 5.39. The molecule has 0 heterocycles. The highest BCUT2D eigenvalue weighted by atomic mass is 16.2. The number of nitrogens with two attached hydrogens (primary N) is 1. The maximum atomic E-state index is 8.67. The molecule has 0 atom stereocenters. The maximum absolute atomic E-state index is 8.67. The molecular weight excluding hydrogens is 188 g/mol. The fourth-order valence-corrected chi connectivity index (χ4v) is 1.51. The predicted molar refractivity (Wildman–Crippen MR) is 63.5 cm³/mol. The summed E-state index contributed by atoms with van der Waals surface area (Å²) in [5, 5.41) is 8.67. The van der Waals surface area contributed by atoms with E-state index >= 15 is 0 Å². The number of hydrogen-bond donors (Lipinski definition) is 2. The number of aliphatic hydroxyl groups excluding tert-OH is 1. The normalized spacial score (nSPS) is 10.9. The van der Waals surface area contributed by atoms with Gasteiger partial charge in [0.2, 0.25) is 0 Å². The number of anilines is 1. The molecule has 0 aliphatic carbocycles. The quantitative estimate of drug-likeness (QED) is 0.550. The van der Waals surface area contributed by atoms with Crippen LogP contribution in [-0.4, -0.2) is 30.2 Å². The predicted octanol–water partition coefficient (Wildman–Crippen LogP) is 1.47. The summed E-state index contributed by atoms with van der Waals surface area (Å²) >= 11 is 0. The minimum atomic E-state index is 0.287. The lowest BCUT2D eigenvalue weighted by molar-refractivity contribution is 0.261. The molecule has 0 saturated heterocycles. The topological polar surface area (TPSA) is 49.5 Å². The van der Waals surface area contributed by atoms with Crippen LogP contribution < -0.4 is 5.73 Å². The van der Waals surface area contributed by atoms with Crippen LogP contribution in [0, 0.1) is 0 Å². The molecule has 0 unspecified atom stereocenters. The molecule has 0 spiro atoms. The number of nitrogen functional groups attached to an aromatic ring is 1. The van der Waals surface area contributed by atoms with E-state index in [0.29, 0.717) is 0 Å². The van der Waals surface area contributed by atoms with Gasteiger partial charge in [0.15, 0.2) is 0 Å². The third-order valence-electron chi connectivity index (χ3n) is 2.38. The van der Waals surface area contributed by atoms with Crippen LogP contribution in [0.4, 0.5) is 5.69 Å². The van der Waals surface area contributed by atoms with Crippen molar-refractivity contribution in [2.75, 3.05) is 25.9 Å². The molecule has 84 valence electrons. The minimum Gasteiger partial charge on any atom is -0.399 e. The number of aliphatic hydroxyl groups is 1. The van der Waals surface area contributed by atoms with Gasteiger partial charge < -0.3 is 15.7 Å². The van der Waals surface area contributed by atoms with E-state index in [1.54, 1.807) is 0 Å². The summed E-state index contributed by atoms with van der Waals surface area (Å²) in [6.07, 6.45) is 1.92. The minimum absolute atomic E-state index is 0.287. The average Bonchev–Trinajstić information content (AvgIpc) is 2.22. The molecule has 3 heteroatoms. The van der Waals surface area contributed by atoms with Crippen molar-refractivity contribution in [2.24, 2.45) is 0 Å². The molecule has 0 amide bonds. The first-order valence-corrected chi connectivity index (χ1v) is 5.36. The van der Waals surface area contributed by atoms with Crippen LogP contribution in [0.1, 0.15) is 18.4 Å². The Morgan fingerprint density at radius 1 is 1.20 bits per heavy atom. The Balaban J connectivity index is 2.31. The van der Waals surface area contributed by atoms with Gasteiger partial charge >= 0.3 is 0 Å². The molecule has 3 nitrogen and oxygen atoms in total. The second kappa shape index (κ2) is 6.43. The van der Waals surface area contributed by atoms with Crippen molar-refractivity contribution < 1.29 is 5.11 Å². The monoisotopic (exact) mass is 208 g/mol. The van der Waals surface area contributed by atoms with Gasteiger partial charge in [0, 0.05) is 18.8 Å². The Bertz CT molecular complexity index is 271. The first-order chi connectivity index (χ1) is 7.22. The Hall–Kier alpha value is -1.06. The second-order valence-electron chi connectivity index (χ2n) is 3.91. The van der Waals surface area contributed by atoms with E-state index in [0.717, 1.165) is 31.6 Å². The van der Waals surface area contributed by atoms with Crippen molar-refractivity contribution in [1.82, 2.24) is 4.90 Å². The lowest BCUT2D eigenvalue weighted by Gasteiger charge is -2.16. The van der Waals surface area contributed by atoms with Gasteiger partial charge in [-0.2, -0.15) is 0 Å². The van der Waals surface area contributed by atoms with Gasteiger partial charge in [-0.15, -0.1) is 0 Å². The van der Waals surface area contributed by atoms with E-state index < -0.39 is 0 Å². The third kappa shape index (κ3) is 4.81. The number of rotatable bonds is 6. The summed E-state index contributed by atoms with van der Waals surface area (Å²) in [5.41, 5.74) is 7.70. The number of hydrogen-bond acceptors (Lipinski definition) is 3. The molecule has 15 heavy (non-hydrogen) atoms. The maximum Gasteiger partial charge on any atom is 0.0431 e. The first kappa shape index (κ1) is 12.0. The van der Waals surface area contributed by atoms with Gasteiger partial charge in [-0.25, -0.2) is 0 Å². The standard InChI is InChI=1S/C12H20N2O/c1-14(8-2-3-9-15)10-11-4-6-12(13)7-5-11/h4-7,15H,2-3,8-10,13H2,1H3. The zero-order valence-electron chi connectivity index (χ0n) is 9.32. The highest BCUT2D eigenvalue weighted by Crippen LogP contribution is 2.07. The largest absolute Gasteiger partial charge is 0.399 e. The molecule has 1 rings (SSSR count). The molecular formula is C12H20N2O.